The minimum atomic E-state index is -1.95. The first-order valence-corrected chi connectivity index (χ1v) is 19.4. The molecular weight excluding hydrogens is 726 g/mol. The lowest BCUT2D eigenvalue weighted by molar-refractivity contribution is -0.163. The van der Waals surface area contributed by atoms with Crippen LogP contribution in [0.5, 0.6) is 11.5 Å². The Labute approximate surface area is 322 Å². The van der Waals surface area contributed by atoms with E-state index in [2.05, 4.69) is 11.1 Å². The van der Waals surface area contributed by atoms with Crippen molar-refractivity contribution in [2.24, 2.45) is 0 Å². The quantitative estimate of drug-likeness (QED) is 0.0692. The summed E-state index contributed by atoms with van der Waals surface area (Å²) in [6.45, 7) is 9.19. The van der Waals surface area contributed by atoms with Gasteiger partial charge in [0, 0.05) is 23.8 Å². The number of rotatable bonds is 17. The summed E-state index contributed by atoms with van der Waals surface area (Å²) in [6.07, 6.45) is -2.69. The molecular formula is C41H50FN4O8P. The van der Waals surface area contributed by atoms with E-state index in [9.17, 15) is 14.9 Å². The number of hydrogen-bond acceptors (Lipinski definition) is 10. The van der Waals surface area contributed by atoms with Crippen LogP contribution >= 0.6 is 8.53 Å². The van der Waals surface area contributed by atoms with Crippen LogP contribution in [0.2, 0.25) is 0 Å². The number of ether oxygens (including phenoxy) is 4. The van der Waals surface area contributed by atoms with Gasteiger partial charge in [-0.3, -0.25) is 14.3 Å². The number of nitrogens with zero attached hydrogens (tertiary/aromatic N) is 3. The van der Waals surface area contributed by atoms with Crippen molar-refractivity contribution >= 4 is 8.53 Å². The van der Waals surface area contributed by atoms with Crippen LogP contribution in [0, 0.1) is 18.3 Å². The molecule has 294 valence electrons. The van der Waals surface area contributed by atoms with E-state index in [1.807, 2.05) is 111 Å². The van der Waals surface area contributed by atoms with Gasteiger partial charge in [-0.1, -0.05) is 54.6 Å². The molecule has 0 spiro atoms. The molecule has 55 heavy (non-hydrogen) atoms. The highest BCUT2D eigenvalue weighted by Crippen LogP contribution is 2.50. The van der Waals surface area contributed by atoms with Crippen molar-refractivity contribution in [1.82, 2.24) is 14.2 Å². The Kier molecular flexibility index (Phi) is 14.4. The number of nitriles is 1. The molecule has 12 nitrogen and oxygen atoms in total. The Morgan fingerprint density at radius 1 is 0.945 bits per heavy atom. The van der Waals surface area contributed by atoms with Crippen molar-refractivity contribution in [2.45, 2.75) is 83.1 Å². The first-order chi connectivity index (χ1) is 26.4. The average Bonchev–Trinajstić information content (AvgIpc) is 3.18. The number of halogens is 1. The van der Waals surface area contributed by atoms with Gasteiger partial charge in [-0.25, -0.2) is 13.9 Å². The number of methoxy groups -OCH3 is 2. The lowest BCUT2D eigenvalue weighted by atomic mass is 9.80. The van der Waals surface area contributed by atoms with E-state index in [0.29, 0.717) is 11.5 Å². The SMILES string of the molecule is COc1ccc(C(OC[C@H]2OC[C@@H](n3cc(C)c(=O)[nH]c3=O)[C@@H](F)C2OP(OCCC#N)N(C(C)C)C(C)C)(c2ccccc2)c2ccc(OC)cc2)cc1. The van der Waals surface area contributed by atoms with Gasteiger partial charge in [-0.15, -0.1) is 0 Å². The number of aromatic amines is 1. The molecule has 1 aliphatic rings. The van der Waals surface area contributed by atoms with Gasteiger partial charge in [0.25, 0.3) is 14.1 Å². The molecule has 1 aromatic heterocycles. The Hall–Kier alpha value is -4.41. The molecule has 5 atom stereocenters. The monoisotopic (exact) mass is 776 g/mol. The van der Waals surface area contributed by atoms with Crippen LogP contribution in [0.1, 0.15) is 62.4 Å². The van der Waals surface area contributed by atoms with E-state index in [4.69, 9.17) is 28.0 Å². The highest BCUT2D eigenvalue weighted by Gasteiger charge is 2.48. The van der Waals surface area contributed by atoms with Gasteiger partial charge in [0.05, 0.1) is 52.6 Å². The number of hydrogen-bond donors (Lipinski definition) is 1. The zero-order valence-corrected chi connectivity index (χ0v) is 33.2. The zero-order chi connectivity index (χ0) is 39.7. The minimum Gasteiger partial charge on any atom is -0.497 e. The maximum absolute atomic E-state index is 17.4. The van der Waals surface area contributed by atoms with Gasteiger partial charge in [-0.2, -0.15) is 5.26 Å². The van der Waals surface area contributed by atoms with Gasteiger partial charge in [0.15, 0.2) is 6.17 Å². The van der Waals surface area contributed by atoms with Crippen LogP contribution in [-0.4, -0.2) is 78.7 Å². The summed E-state index contributed by atoms with van der Waals surface area (Å²) in [5, 5.41) is 9.31. The van der Waals surface area contributed by atoms with Gasteiger partial charge in [-0.05, 0) is 75.6 Å². The molecule has 0 aliphatic carbocycles. The van der Waals surface area contributed by atoms with E-state index in [-0.39, 0.29) is 43.9 Å². The van der Waals surface area contributed by atoms with Crippen molar-refractivity contribution in [3.05, 3.63) is 128 Å². The Morgan fingerprint density at radius 3 is 2.04 bits per heavy atom. The Balaban J connectivity index is 1.62. The standard InChI is InChI=1S/C41H50FN4O8P/c1-27(2)46(28(3)4)55(53-23-11-22-43)54-38-36(51-25-35(37(38)42)45-24-29(5)39(47)44-40(45)48)26-52-41(30-12-9-8-10-13-30,31-14-18-33(49-6)19-15-31)32-16-20-34(50-7)21-17-32/h8-10,12-21,24,27-28,35-38H,11,23,25-26H2,1-7H3,(H,44,47,48)/t35-,36-,37-,38?,55?/m1/s1. The van der Waals surface area contributed by atoms with Crippen LogP contribution < -0.4 is 20.7 Å². The number of H-pyrrole nitrogens is 1. The third-order valence-corrected chi connectivity index (χ3v) is 11.7. The average molecular weight is 777 g/mol. The minimum absolute atomic E-state index is 0.0674. The number of benzene rings is 3. The van der Waals surface area contributed by atoms with Gasteiger partial charge in [0.1, 0.15) is 29.3 Å². The van der Waals surface area contributed by atoms with E-state index < -0.39 is 49.8 Å². The van der Waals surface area contributed by atoms with E-state index in [0.717, 1.165) is 21.3 Å². The maximum Gasteiger partial charge on any atom is 0.328 e. The predicted molar refractivity (Wildman–Crippen MR) is 208 cm³/mol. The topological polar surface area (TPSA) is 137 Å². The van der Waals surface area contributed by atoms with Crippen LogP contribution in [0.15, 0.2) is 94.6 Å². The summed E-state index contributed by atoms with van der Waals surface area (Å²) in [7, 11) is 1.25. The lowest BCUT2D eigenvalue weighted by Crippen LogP contribution is -2.54. The molecule has 0 radical (unpaired) electrons. The summed E-state index contributed by atoms with van der Waals surface area (Å²) in [4.78, 5) is 27.6. The first kappa shape index (κ1) is 41.7. The van der Waals surface area contributed by atoms with Crippen molar-refractivity contribution in [3.8, 4) is 17.6 Å². The van der Waals surface area contributed by atoms with Gasteiger partial charge >= 0.3 is 5.69 Å². The fraction of sp³-hybridized carbons (Fsp3) is 0.439. The third kappa shape index (κ3) is 9.35. The summed E-state index contributed by atoms with van der Waals surface area (Å²) < 4.78 is 58.0. The molecule has 4 aromatic rings. The second-order valence-corrected chi connectivity index (χ2v) is 15.2. The van der Waals surface area contributed by atoms with Gasteiger partial charge < -0.3 is 28.0 Å². The van der Waals surface area contributed by atoms with Crippen LogP contribution in [-0.2, 0) is 24.1 Å². The predicted octanol–water partition coefficient (Wildman–Crippen LogP) is 6.81. The molecule has 1 aliphatic heterocycles. The van der Waals surface area contributed by atoms with Crippen molar-refractivity contribution in [2.75, 3.05) is 34.0 Å². The van der Waals surface area contributed by atoms with Crippen LogP contribution in [0.4, 0.5) is 4.39 Å². The summed E-state index contributed by atoms with van der Waals surface area (Å²) in [6, 6.07) is 25.6. The second kappa shape index (κ2) is 19.0. The van der Waals surface area contributed by atoms with Gasteiger partial charge in [0.2, 0.25) is 0 Å². The number of nitrogens with one attached hydrogen (secondary N) is 1. The number of aryl methyl sites for hydroxylation is 1. The Morgan fingerprint density at radius 2 is 1.51 bits per heavy atom. The highest BCUT2D eigenvalue weighted by molar-refractivity contribution is 7.44. The molecule has 0 bridgehead atoms. The zero-order valence-electron chi connectivity index (χ0n) is 32.3. The Bertz CT molecular complexity index is 1930. The fourth-order valence-electron chi connectivity index (χ4n) is 6.85. The lowest BCUT2D eigenvalue weighted by Gasteiger charge is -2.44. The normalized spacial score (nSPS) is 19.4. The van der Waals surface area contributed by atoms with Crippen molar-refractivity contribution in [3.63, 3.8) is 0 Å². The van der Waals surface area contributed by atoms with Crippen LogP contribution in [0.3, 0.4) is 0 Å². The summed E-state index contributed by atoms with van der Waals surface area (Å²) >= 11 is 0. The largest absolute Gasteiger partial charge is 0.497 e. The van der Waals surface area contributed by atoms with Crippen molar-refractivity contribution < 1.29 is 32.4 Å². The number of aromatic nitrogens is 2. The summed E-state index contributed by atoms with van der Waals surface area (Å²) in [5.74, 6) is 1.32. The molecule has 1 saturated heterocycles. The molecule has 1 N–H and O–H groups in total. The molecule has 0 amide bonds. The van der Waals surface area contributed by atoms with E-state index >= 15 is 4.39 Å². The molecule has 3 aromatic carbocycles. The second-order valence-electron chi connectivity index (χ2n) is 13.8. The molecule has 2 unspecified atom stereocenters. The van der Waals surface area contributed by atoms with E-state index in [1.54, 1.807) is 21.1 Å². The number of alkyl halides is 1. The first-order valence-electron chi connectivity index (χ1n) is 18.3. The molecule has 5 rings (SSSR count). The summed E-state index contributed by atoms with van der Waals surface area (Å²) in [5.41, 5.74) is 0.0399. The van der Waals surface area contributed by atoms with Crippen molar-refractivity contribution in [1.29, 1.82) is 5.26 Å². The van der Waals surface area contributed by atoms with Crippen LogP contribution in [0.25, 0.3) is 0 Å². The fourth-order valence-corrected chi connectivity index (χ4v) is 8.61. The highest BCUT2D eigenvalue weighted by atomic mass is 31.2. The maximum atomic E-state index is 17.4. The smallest absolute Gasteiger partial charge is 0.328 e. The van der Waals surface area contributed by atoms with E-state index in [1.165, 1.54) is 6.20 Å². The molecule has 1 fully saturated rings. The molecule has 0 saturated carbocycles. The third-order valence-electron chi connectivity index (χ3n) is 9.54. The molecule has 14 heteroatoms. The molecule has 2 heterocycles.